The maximum Gasteiger partial charge on any atom is 0.124 e. The van der Waals surface area contributed by atoms with Crippen LogP contribution in [0.3, 0.4) is 0 Å². The normalized spacial score (nSPS) is 19.9. The summed E-state index contributed by atoms with van der Waals surface area (Å²) >= 11 is 6.29. The third-order valence-corrected chi connectivity index (χ3v) is 4.47. The van der Waals surface area contributed by atoms with Gasteiger partial charge in [0.25, 0.3) is 0 Å². The van der Waals surface area contributed by atoms with Crippen LogP contribution in [0.15, 0.2) is 18.2 Å². The van der Waals surface area contributed by atoms with Crippen molar-refractivity contribution in [1.29, 1.82) is 0 Å². The van der Waals surface area contributed by atoms with E-state index in [4.69, 9.17) is 11.6 Å². The van der Waals surface area contributed by atoms with E-state index in [1.807, 2.05) is 6.07 Å². The fourth-order valence-electron chi connectivity index (χ4n) is 3.71. The fraction of sp³-hybridized carbons (Fsp3) is 0.647. The Morgan fingerprint density at radius 1 is 1.30 bits per heavy atom. The summed E-state index contributed by atoms with van der Waals surface area (Å²) in [6, 6.07) is 4.83. The maximum absolute atomic E-state index is 13.3. The van der Waals surface area contributed by atoms with Gasteiger partial charge in [-0.2, -0.15) is 0 Å². The minimum Gasteiger partial charge on any atom is -0.316 e. The third kappa shape index (κ3) is 3.35. The summed E-state index contributed by atoms with van der Waals surface area (Å²) < 4.78 is 13.3. The molecular formula is C17H25ClFN. The van der Waals surface area contributed by atoms with E-state index in [1.54, 1.807) is 0 Å². The third-order valence-electron chi connectivity index (χ3n) is 4.15. The van der Waals surface area contributed by atoms with E-state index >= 15 is 0 Å². The summed E-state index contributed by atoms with van der Waals surface area (Å²) in [5.41, 5.74) is 1.50. The van der Waals surface area contributed by atoms with E-state index < -0.39 is 0 Å². The first kappa shape index (κ1) is 15.8. The van der Waals surface area contributed by atoms with Gasteiger partial charge in [0, 0.05) is 17.0 Å². The first-order chi connectivity index (χ1) is 9.24. The summed E-state index contributed by atoms with van der Waals surface area (Å²) in [5.74, 6) is 0.367. The average Bonchev–Trinajstić information content (AvgIpc) is 2.25. The second-order valence-electron chi connectivity index (χ2n) is 7.45. The van der Waals surface area contributed by atoms with Crippen molar-refractivity contribution in [3.63, 3.8) is 0 Å². The lowest BCUT2D eigenvalue weighted by atomic mass is 9.52. The highest BCUT2D eigenvalue weighted by Crippen LogP contribution is 2.56. The van der Waals surface area contributed by atoms with Crippen LogP contribution in [0.25, 0.3) is 0 Å². The van der Waals surface area contributed by atoms with E-state index in [-0.39, 0.29) is 11.2 Å². The van der Waals surface area contributed by atoms with Gasteiger partial charge in [0.05, 0.1) is 0 Å². The van der Waals surface area contributed by atoms with E-state index in [9.17, 15) is 4.39 Å². The Balaban J connectivity index is 2.19. The summed E-state index contributed by atoms with van der Waals surface area (Å²) in [5, 5.41) is 4.12. The van der Waals surface area contributed by atoms with E-state index in [2.05, 4.69) is 33.0 Å². The summed E-state index contributed by atoms with van der Waals surface area (Å²) in [4.78, 5) is 0. The average molecular weight is 298 g/mol. The van der Waals surface area contributed by atoms with Crippen molar-refractivity contribution in [1.82, 2.24) is 5.32 Å². The second kappa shape index (κ2) is 5.65. The van der Waals surface area contributed by atoms with Gasteiger partial charge in [0.2, 0.25) is 0 Å². The number of halogens is 2. The molecule has 112 valence electrons. The first-order valence-electron chi connectivity index (χ1n) is 7.40. The molecule has 1 nitrogen and oxygen atoms in total. The molecule has 1 aromatic rings. The fourth-order valence-corrected chi connectivity index (χ4v) is 4.08. The Morgan fingerprint density at radius 2 is 1.95 bits per heavy atom. The quantitative estimate of drug-likeness (QED) is 0.824. The largest absolute Gasteiger partial charge is 0.316 e. The Bertz CT molecular complexity index is 474. The van der Waals surface area contributed by atoms with Gasteiger partial charge in [-0.15, -0.1) is 0 Å². The van der Waals surface area contributed by atoms with Gasteiger partial charge < -0.3 is 5.32 Å². The molecule has 0 saturated heterocycles. The van der Waals surface area contributed by atoms with Crippen LogP contribution in [0.2, 0.25) is 5.02 Å². The molecule has 1 fully saturated rings. The van der Waals surface area contributed by atoms with Crippen molar-refractivity contribution in [3.05, 3.63) is 34.6 Å². The van der Waals surface area contributed by atoms with Gasteiger partial charge in [-0.1, -0.05) is 45.4 Å². The number of hydrogen-bond donors (Lipinski definition) is 1. The summed E-state index contributed by atoms with van der Waals surface area (Å²) in [6.45, 7) is 10.9. The molecule has 1 aromatic carbocycles. The predicted molar refractivity (Wildman–Crippen MR) is 83.8 cm³/mol. The molecule has 0 amide bonds. The summed E-state index contributed by atoms with van der Waals surface area (Å²) in [6.07, 6.45) is 2.19. The van der Waals surface area contributed by atoms with Crippen LogP contribution in [0.4, 0.5) is 4.39 Å². The molecule has 0 unspecified atom stereocenters. The van der Waals surface area contributed by atoms with Crippen LogP contribution < -0.4 is 5.32 Å². The molecule has 2 rings (SSSR count). The Morgan fingerprint density at radius 3 is 2.45 bits per heavy atom. The number of benzene rings is 1. The number of hydrogen-bond acceptors (Lipinski definition) is 1. The minimum absolute atomic E-state index is 0.0587. The van der Waals surface area contributed by atoms with Crippen molar-refractivity contribution in [2.75, 3.05) is 13.1 Å². The van der Waals surface area contributed by atoms with Crippen molar-refractivity contribution < 1.29 is 4.39 Å². The van der Waals surface area contributed by atoms with Crippen LogP contribution in [0.1, 0.15) is 46.1 Å². The van der Waals surface area contributed by atoms with E-state index in [1.165, 1.54) is 12.1 Å². The molecule has 1 N–H and O–H groups in total. The topological polar surface area (TPSA) is 12.0 Å². The van der Waals surface area contributed by atoms with Crippen molar-refractivity contribution >= 4 is 11.6 Å². The highest BCUT2D eigenvalue weighted by molar-refractivity contribution is 6.31. The van der Waals surface area contributed by atoms with Gasteiger partial charge in [-0.25, -0.2) is 4.39 Å². The maximum atomic E-state index is 13.3. The number of rotatable bonds is 5. The zero-order valence-electron chi connectivity index (χ0n) is 12.9. The van der Waals surface area contributed by atoms with Crippen LogP contribution in [-0.4, -0.2) is 13.1 Å². The molecule has 0 aromatic heterocycles. The zero-order chi connectivity index (χ0) is 15.0. The summed E-state index contributed by atoms with van der Waals surface area (Å²) in [7, 11) is 0. The Labute approximate surface area is 126 Å². The smallest absolute Gasteiger partial charge is 0.124 e. The number of nitrogens with one attached hydrogen (secondary N) is 1. The van der Waals surface area contributed by atoms with E-state index in [0.717, 1.165) is 31.5 Å². The lowest BCUT2D eigenvalue weighted by molar-refractivity contribution is 0.0559. The van der Waals surface area contributed by atoms with Gasteiger partial charge in [-0.3, -0.25) is 0 Å². The first-order valence-corrected chi connectivity index (χ1v) is 7.78. The van der Waals surface area contributed by atoms with Crippen molar-refractivity contribution in [2.45, 2.75) is 46.0 Å². The van der Waals surface area contributed by atoms with Crippen molar-refractivity contribution in [3.8, 4) is 0 Å². The molecule has 0 spiro atoms. The molecule has 0 bridgehead atoms. The highest BCUT2D eigenvalue weighted by atomic mass is 35.5. The zero-order valence-corrected chi connectivity index (χ0v) is 13.6. The second-order valence-corrected chi connectivity index (χ2v) is 7.85. The SMILES string of the molecule is CC(C)CNCC1(c2ccc(F)cc2Cl)CC(C)(C)C1. The molecular weight excluding hydrogens is 273 g/mol. The standard InChI is InChI=1S/C17H25ClFN/c1-12(2)8-20-11-17(9-16(3,4)10-17)14-6-5-13(19)7-15(14)18/h5-7,12,20H,8-11H2,1-4H3. The molecule has 0 atom stereocenters. The molecule has 1 aliphatic rings. The van der Waals surface area contributed by atoms with Crippen LogP contribution in [-0.2, 0) is 5.41 Å². The Hall–Kier alpha value is -0.600. The predicted octanol–water partition coefficient (Wildman–Crippen LogP) is 4.78. The Kier molecular flexibility index (Phi) is 4.46. The molecule has 1 aliphatic carbocycles. The molecule has 1 saturated carbocycles. The molecule has 0 aliphatic heterocycles. The van der Waals surface area contributed by atoms with Crippen molar-refractivity contribution in [2.24, 2.45) is 11.3 Å². The lowest BCUT2D eigenvalue weighted by Crippen LogP contribution is -2.53. The van der Waals surface area contributed by atoms with Gasteiger partial charge in [0.1, 0.15) is 5.82 Å². The van der Waals surface area contributed by atoms with Gasteiger partial charge in [-0.05, 0) is 48.4 Å². The van der Waals surface area contributed by atoms with Gasteiger partial charge >= 0.3 is 0 Å². The minimum atomic E-state index is -0.261. The van der Waals surface area contributed by atoms with Crippen LogP contribution >= 0.6 is 11.6 Å². The van der Waals surface area contributed by atoms with Gasteiger partial charge in [0.15, 0.2) is 0 Å². The molecule has 20 heavy (non-hydrogen) atoms. The van der Waals surface area contributed by atoms with Crippen LogP contribution in [0.5, 0.6) is 0 Å². The van der Waals surface area contributed by atoms with Crippen LogP contribution in [0, 0.1) is 17.2 Å². The molecule has 3 heteroatoms. The lowest BCUT2D eigenvalue weighted by Gasteiger charge is -2.54. The highest BCUT2D eigenvalue weighted by Gasteiger charge is 2.50. The molecule has 0 heterocycles. The monoisotopic (exact) mass is 297 g/mol. The molecule has 0 radical (unpaired) electrons. The van der Waals surface area contributed by atoms with E-state index in [0.29, 0.717) is 16.4 Å².